The molecule has 0 amide bonds. The van der Waals surface area contributed by atoms with Crippen molar-refractivity contribution in [3.63, 3.8) is 0 Å². The van der Waals surface area contributed by atoms with Crippen molar-refractivity contribution in [3.8, 4) is 0 Å². The van der Waals surface area contributed by atoms with Crippen molar-refractivity contribution >= 4 is 22.4 Å². The standard InChI is InChI=1S/C16H22N4/c1-4-11(3)20(5-2)15-12-8-6-7-9-14(12)19-10-13(15)16(17)18/h6-11H,4-5H2,1-3H3,(H3,17,18). The summed E-state index contributed by atoms with van der Waals surface area (Å²) in [4.78, 5) is 6.72. The SMILES string of the molecule is CCC(C)N(CC)c1c(C(=N)N)cnc2ccccc12. The maximum atomic E-state index is 7.83. The second-order valence-corrected chi connectivity index (χ2v) is 4.99. The third kappa shape index (κ3) is 2.46. The molecule has 0 aliphatic rings. The summed E-state index contributed by atoms with van der Waals surface area (Å²) >= 11 is 0. The molecule has 0 saturated carbocycles. The van der Waals surface area contributed by atoms with E-state index in [2.05, 4.69) is 36.7 Å². The average Bonchev–Trinajstić information content (AvgIpc) is 2.47. The Morgan fingerprint density at radius 2 is 2.05 bits per heavy atom. The number of nitrogens with two attached hydrogens (primary N) is 1. The van der Waals surface area contributed by atoms with Crippen molar-refractivity contribution in [3.05, 3.63) is 36.0 Å². The lowest BCUT2D eigenvalue weighted by Gasteiger charge is -2.32. The molecule has 0 radical (unpaired) electrons. The summed E-state index contributed by atoms with van der Waals surface area (Å²) in [6.07, 6.45) is 2.76. The topological polar surface area (TPSA) is 66.0 Å². The van der Waals surface area contributed by atoms with Crippen LogP contribution in [0.15, 0.2) is 30.5 Å². The van der Waals surface area contributed by atoms with Gasteiger partial charge in [0.15, 0.2) is 0 Å². The van der Waals surface area contributed by atoms with Gasteiger partial charge >= 0.3 is 0 Å². The Kier molecular flexibility index (Phi) is 4.23. The van der Waals surface area contributed by atoms with E-state index in [1.54, 1.807) is 6.20 Å². The number of pyridine rings is 1. The van der Waals surface area contributed by atoms with E-state index in [1.807, 2.05) is 18.2 Å². The Morgan fingerprint density at radius 1 is 1.35 bits per heavy atom. The van der Waals surface area contributed by atoms with Gasteiger partial charge in [-0.3, -0.25) is 10.4 Å². The molecule has 0 saturated heterocycles. The van der Waals surface area contributed by atoms with Gasteiger partial charge in [0, 0.05) is 24.2 Å². The van der Waals surface area contributed by atoms with E-state index in [0.29, 0.717) is 11.6 Å². The molecule has 20 heavy (non-hydrogen) atoms. The summed E-state index contributed by atoms with van der Waals surface area (Å²) in [7, 11) is 0. The molecule has 0 aliphatic carbocycles. The van der Waals surface area contributed by atoms with Crippen molar-refractivity contribution in [1.82, 2.24) is 4.98 Å². The predicted molar refractivity (Wildman–Crippen MR) is 85.5 cm³/mol. The van der Waals surface area contributed by atoms with Crippen LogP contribution in [0.25, 0.3) is 10.9 Å². The van der Waals surface area contributed by atoms with Crippen LogP contribution in [0.5, 0.6) is 0 Å². The van der Waals surface area contributed by atoms with Crippen LogP contribution < -0.4 is 10.6 Å². The first-order chi connectivity index (χ1) is 9.60. The molecule has 4 nitrogen and oxygen atoms in total. The molecule has 1 atom stereocenters. The van der Waals surface area contributed by atoms with Gasteiger partial charge in [-0.25, -0.2) is 0 Å². The van der Waals surface area contributed by atoms with Gasteiger partial charge in [0.25, 0.3) is 0 Å². The Bertz CT molecular complexity index is 621. The number of nitrogens with zero attached hydrogens (tertiary/aromatic N) is 2. The first-order valence-electron chi connectivity index (χ1n) is 7.08. The largest absolute Gasteiger partial charge is 0.384 e. The van der Waals surface area contributed by atoms with Crippen LogP contribution in [-0.4, -0.2) is 23.4 Å². The van der Waals surface area contributed by atoms with E-state index in [4.69, 9.17) is 11.1 Å². The van der Waals surface area contributed by atoms with Crippen LogP contribution in [0.3, 0.4) is 0 Å². The minimum absolute atomic E-state index is 0.0695. The van der Waals surface area contributed by atoms with E-state index < -0.39 is 0 Å². The summed E-state index contributed by atoms with van der Waals surface area (Å²) in [5.41, 5.74) is 8.44. The molecule has 2 rings (SSSR count). The van der Waals surface area contributed by atoms with E-state index >= 15 is 0 Å². The lowest BCUT2D eigenvalue weighted by atomic mass is 10.0. The average molecular weight is 270 g/mol. The zero-order chi connectivity index (χ0) is 14.7. The maximum absolute atomic E-state index is 7.83. The number of fused-ring (bicyclic) bond motifs is 1. The number of rotatable bonds is 5. The quantitative estimate of drug-likeness (QED) is 0.648. The number of nitrogen functional groups attached to an aromatic ring is 1. The summed E-state index contributed by atoms with van der Waals surface area (Å²) in [5, 5.41) is 8.89. The highest BCUT2D eigenvalue weighted by molar-refractivity contribution is 6.07. The third-order valence-corrected chi connectivity index (χ3v) is 3.79. The van der Waals surface area contributed by atoms with Crippen LogP contribution in [0.2, 0.25) is 0 Å². The summed E-state index contributed by atoms with van der Waals surface area (Å²) in [6.45, 7) is 7.38. The van der Waals surface area contributed by atoms with Crippen LogP contribution >= 0.6 is 0 Å². The number of para-hydroxylation sites is 1. The van der Waals surface area contributed by atoms with E-state index in [0.717, 1.165) is 29.6 Å². The van der Waals surface area contributed by atoms with Gasteiger partial charge in [-0.05, 0) is 26.3 Å². The summed E-state index contributed by atoms with van der Waals surface area (Å²) in [6, 6.07) is 8.42. The fraction of sp³-hybridized carbons (Fsp3) is 0.375. The van der Waals surface area contributed by atoms with E-state index in [-0.39, 0.29) is 5.84 Å². The molecular weight excluding hydrogens is 248 g/mol. The van der Waals surface area contributed by atoms with Crippen molar-refractivity contribution in [2.24, 2.45) is 5.73 Å². The Labute approximate surface area is 120 Å². The van der Waals surface area contributed by atoms with Gasteiger partial charge in [-0.2, -0.15) is 0 Å². The molecule has 1 unspecified atom stereocenters. The van der Waals surface area contributed by atoms with Gasteiger partial charge in [0.05, 0.1) is 16.8 Å². The van der Waals surface area contributed by atoms with Crippen LogP contribution in [0.1, 0.15) is 32.8 Å². The fourth-order valence-corrected chi connectivity index (χ4v) is 2.54. The summed E-state index contributed by atoms with van der Waals surface area (Å²) in [5.74, 6) is 0.0695. The number of benzene rings is 1. The van der Waals surface area contributed by atoms with Gasteiger partial charge in [0.2, 0.25) is 0 Å². The minimum Gasteiger partial charge on any atom is -0.384 e. The van der Waals surface area contributed by atoms with Gasteiger partial charge in [0.1, 0.15) is 5.84 Å². The number of anilines is 1. The second-order valence-electron chi connectivity index (χ2n) is 4.99. The highest BCUT2D eigenvalue weighted by atomic mass is 15.2. The lowest BCUT2D eigenvalue weighted by molar-refractivity contribution is 0.631. The van der Waals surface area contributed by atoms with Gasteiger partial charge in [-0.15, -0.1) is 0 Å². The molecule has 1 aromatic carbocycles. The fourth-order valence-electron chi connectivity index (χ4n) is 2.54. The molecule has 4 heteroatoms. The van der Waals surface area contributed by atoms with Crippen LogP contribution in [0.4, 0.5) is 5.69 Å². The van der Waals surface area contributed by atoms with E-state index in [9.17, 15) is 0 Å². The lowest BCUT2D eigenvalue weighted by Crippen LogP contribution is -2.34. The smallest absolute Gasteiger partial charge is 0.126 e. The maximum Gasteiger partial charge on any atom is 0.126 e. The van der Waals surface area contributed by atoms with Crippen molar-refractivity contribution in [1.29, 1.82) is 5.41 Å². The second kappa shape index (κ2) is 5.90. The molecule has 1 heterocycles. The molecule has 1 aromatic heterocycles. The van der Waals surface area contributed by atoms with Gasteiger partial charge in [-0.1, -0.05) is 25.1 Å². The highest BCUT2D eigenvalue weighted by Gasteiger charge is 2.19. The molecule has 0 spiro atoms. The Hall–Kier alpha value is -2.10. The van der Waals surface area contributed by atoms with Crippen molar-refractivity contribution in [2.45, 2.75) is 33.2 Å². The molecule has 0 bridgehead atoms. The zero-order valence-corrected chi connectivity index (χ0v) is 12.4. The van der Waals surface area contributed by atoms with E-state index in [1.165, 1.54) is 0 Å². The Balaban J connectivity index is 2.74. The number of aromatic nitrogens is 1. The zero-order valence-electron chi connectivity index (χ0n) is 12.4. The molecule has 2 aromatic rings. The van der Waals surface area contributed by atoms with Crippen molar-refractivity contribution in [2.75, 3.05) is 11.4 Å². The van der Waals surface area contributed by atoms with Gasteiger partial charge < -0.3 is 10.6 Å². The number of hydrogen-bond donors (Lipinski definition) is 2. The Morgan fingerprint density at radius 3 is 2.65 bits per heavy atom. The van der Waals surface area contributed by atoms with Crippen LogP contribution in [-0.2, 0) is 0 Å². The minimum atomic E-state index is 0.0695. The molecule has 106 valence electrons. The molecule has 0 fully saturated rings. The van der Waals surface area contributed by atoms with Crippen molar-refractivity contribution < 1.29 is 0 Å². The molecule has 3 N–H and O–H groups in total. The predicted octanol–water partition coefficient (Wildman–Crippen LogP) is 3.14. The molecule has 0 aliphatic heterocycles. The highest BCUT2D eigenvalue weighted by Crippen LogP contribution is 2.31. The first kappa shape index (κ1) is 14.3. The molecular formula is C16H22N4. The summed E-state index contributed by atoms with van der Waals surface area (Å²) < 4.78 is 0. The van der Waals surface area contributed by atoms with Crippen LogP contribution in [0, 0.1) is 5.41 Å². The third-order valence-electron chi connectivity index (χ3n) is 3.79. The number of amidine groups is 1. The first-order valence-corrected chi connectivity index (χ1v) is 7.08. The monoisotopic (exact) mass is 270 g/mol. The number of nitrogens with one attached hydrogen (secondary N) is 1. The number of hydrogen-bond acceptors (Lipinski definition) is 3. The normalized spacial score (nSPS) is 12.3.